The van der Waals surface area contributed by atoms with Gasteiger partial charge >= 0.3 is 0 Å². The van der Waals surface area contributed by atoms with Crippen molar-refractivity contribution in [1.29, 1.82) is 0 Å². The minimum Gasteiger partial charge on any atom is -0.381 e. The van der Waals surface area contributed by atoms with E-state index in [2.05, 4.69) is 47.3 Å². The third kappa shape index (κ3) is 3.39. The van der Waals surface area contributed by atoms with E-state index in [-0.39, 0.29) is 0 Å². The van der Waals surface area contributed by atoms with Crippen molar-refractivity contribution in [3.63, 3.8) is 0 Å². The van der Waals surface area contributed by atoms with E-state index in [0.717, 1.165) is 37.7 Å². The van der Waals surface area contributed by atoms with Crippen molar-refractivity contribution in [2.75, 3.05) is 18.5 Å². The van der Waals surface area contributed by atoms with Gasteiger partial charge in [-0.2, -0.15) is 0 Å². The molecule has 0 aliphatic carbocycles. The van der Waals surface area contributed by atoms with Gasteiger partial charge in [0.15, 0.2) is 0 Å². The van der Waals surface area contributed by atoms with Gasteiger partial charge in [0.2, 0.25) is 0 Å². The molecule has 1 aliphatic heterocycles. The van der Waals surface area contributed by atoms with E-state index in [1.165, 1.54) is 16.7 Å². The molecule has 0 spiro atoms. The maximum atomic E-state index is 5.43. The van der Waals surface area contributed by atoms with E-state index in [1.54, 1.807) is 6.33 Å². The number of aryl methyl sites for hydroxylation is 2. The SMILES string of the molecule is Cc1ccc(C)c(CNc2cc([C@H]3CCOC3)ncn2)c1. The topological polar surface area (TPSA) is 47.0 Å². The van der Waals surface area contributed by atoms with Crippen LogP contribution in [0.15, 0.2) is 30.6 Å². The van der Waals surface area contributed by atoms with Crippen LogP contribution in [0.5, 0.6) is 0 Å². The predicted molar refractivity (Wildman–Crippen MR) is 83.5 cm³/mol. The van der Waals surface area contributed by atoms with E-state index in [4.69, 9.17) is 4.74 Å². The van der Waals surface area contributed by atoms with Crippen LogP contribution in [0.25, 0.3) is 0 Å². The highest BCUT2D eigenvalue weighted by molar-refractivity contribution is 5.39. The summed E-state index contributed by atoms with van der Waals surface area (Å²) in [6.45, 7) is 6.64. The molecule has 2 heterocycles. The third-order valence-electron chi connectivity index (χ3n) is 4.00. The Kier molecular flexibility index (Phi) is 4.15. The number of rotatable bonds is 4. The average Bonchev–Trinajstić information content (AvgIpc) is 3.03. The van der Waals surface area contributed by atoms with Gasteiger partial charge in [0.05, 0.1) is 12.3 Å². The molecule has 0 unspecified atom stereocenters. The zero-order chi connectivity index (χ0) is 14.7. The molecule has 1 aromatic heterocycles. The van der Waals surface area contributed by atoms with Crippen molar-refractivity contribution < 1.29 is 4.74 Å². The molecule has 4 nitrogen and oxygen atoms in total. The Morgan fingerprint density at radius 2 is 2.14 bits per heavy atom. The highest BCUT2D eigenvalue weighted by atomic mass is 16.5. The van der Waals surface area contributed by atoms with E-state index in [9.17, 15) is 0 Å². The minimum atomic E-state index is 0.411. The number of nitrogens with zero attached hydrogens (tertiary/aromatic N) is 2. The van der Waals surface area contributed by atoms with Crippen LogP contribution in [0.4, 0.5) is 5.82 Å². The number of nitrogens with one attached hydrogen (secondary N) is 1. The largest absolute Gasteiger partial charge is 0.381 e. The van der Waals surface area contributed by atoms with Gasteiger partial charge in [-0.25, -0.2) is 9.97 Å². The first-order valence-corrected chi connectivity index (χ1v) is 7.42. The van der Waals surface area contributed by atoms with Crippen LogP contribution in [-0.2, 0) is 11.3 Å². The van der Waals surface area contributed by atoms with Crippen LogP contribution >= 0.6 is 0 Å². The molecule has 1 fully saturated rings. The summed E-state index contributed by atoms with van der Waals surface area (Å²) in [4.78, 5) is 8.69. The van der Waals surface area contributed by atoms with Crippen molar-refractivity contribution in [1.82, 2.24) is 9.97 Å². The maximum absolute atomic E-state index is 5.43. The van der Waals surface area contributed by atoms with Gasteiger partial charge in [0, 0.05) is 25.1 Å². The summed E-state index contributed by atoms with van der Waals surface area (Å²) in [6, 6.07) is 8.56. The fourth-order valence-electron chi connectivity index (χ4n) is 2.64. The molecule has 1 N–H and O–H groups in total. The number of aromatic nitrogens is 2. The van der Waals surface area contributed by atoms with Gasteiger partial charge in [0.1, 0.15) is 12.1 Å². The minimum absolute atomic E-state index is 0.411. The van der Waals surface area contributed by atoms with E-state index >= 15 is 0 Å². The van der Waals surface area contributed by atoms with Crippen LogP contribution in [0.2, 0.25) is 0 Å². The summed E-state index contributed by atoms with van der Waals surface area (Å²) < 4.78 is 5.43. The Balaban J connectivity index is 1.70. The van der Waals surface area contributed by atoms with Crippen LogP contribution in [0.3, 0.4) is 0 Å². The molecule has 0 amide bonds. The molecule has 21 heavy (non-hydrogen) atoms. The van der Waals surface area contributed by atoms with Crippen molar-refractivity contribution in [3.05, 3.63) is 53.0 Å². The van der Waals surface area contributed by atoms with Crippen LogP contribution < -0.4 is 5.32 Å². The molecule has 1 atom stereocenters. The summed E-state index contributed by atoms with van der Waals surface area (Å²) in [6.07, 6.45) is 2.69. The zero-order valence-corrected chi connectivity index (χ0v) is 12.6. The molecule has 0 radical (unpaired) electrons. The third-order valence-corrected chi connectivity index (χ3v) is 4.00. The van der Waals surface area contributed by atoms with E-state index < -0.39 is 0 Å². The van der Waals surface area contributed by atoms with Crippen LogP contribution in [0, 0.1) is 13.8 Å². The molecule has 2 aromatic rings. The van der Waals surface area contributed by atoms with Gasteiger partial charge in [-0.3, -0.25) is 0 Å². The van der Waals surface area contributed by atoms with Gasteiger partial charge in [-0.05, 0) is 31.4 Å². The van der Waals surface area contributed by atoms with E-state index in [0.29, 0.717) is 5.92 Å². The van der Waals surface area contributed by atoms with Crippen molar-refractivity contribution in [2.24, 2.45) is 0 Å². The standard InChI is InChI=1S/C17H21N3O/c1-12-3-4-13(2)15(7-12)9-18-17-8-16(19-11-20-17)14-5-6-21-10-14/h3-4,7-8,11,14H,5-6,9-10H2,1-2H3,(H,18,19,20)/t14-/m0/s1. The average molecular weight is 283 g/mol. The first kappa shape index (κ1) is 14.0. The molecule has 0 saturated carbocycles. The maximum Gasteiger partial charge on any atom is 0.129 e. The van der Waals surface area contributed by atoms with Gasteiger partial charge < -0.3 is 10.1 Å². The Hall–Kier alpha value is -1.94. The molecule has 0 bridgehead atoms. The second kappa shape index (κ2) is 6.22. The molecule has 4 heteroatoms. The number of benzene rings is 1. The van der Waals surface area contributed by atoms with Crippen molar-refractivity contribution >= 4 is 5.82 Å². The molecule has 110 valence electrons. The molecular weight excluding hydrogens is 262 g/mol. The zero-order valence-electron chi connectivity index (χ0n) is 12.6. The summed E-state index contributed by atoms with van der Waals surface area (Å²) in [7, 11) is 0. The van der Waals surface area contributed by atoms with Crippen molar-refractivity contribution in [3.8, 4) is 0 Å². The fraction of sp³-hybridized carbons (Fsp3) is 0.412. The quantitative estimate of drug-likeness (QED) is 0.936. The monoisotopic (exact) mass is 283 g/mol. The van der Waals surface area contributed by atoms with Gasteiger partial charge in [0.25, 0.3) is 0 Å². The summed E-state index contributed by atoms with van der Waals surface area (Å²) in [5, 5.41) is 3.40. The summed E-state index contributed by atoms with van der Waals surface area (Å²) in [5.74, 6) is 1.29. The molecule has 3 rings (SSSR count). The molecular formula is C17H21N3O. The van der Waals surface area contributed by atoms with Gasteiger partial charge in [-0.15, -0.1) is 0 Å². The smallest absolute Gasteiger partial charge is 0.129 e. The van der Waals surface area contributed by atoms with Crippen LogP contribution in [-0.4, -0.2) is 23.2 Å². The Morgan fingerprint density at radius 1 is 1.24 bits per heavy atom. The predicted octanol–water partition coefficient (Wildman–Crippen LogP) is 3.21. The number of hydrogen-bond donors (Lipinski definition) is 1. The first-order valence-electron chi connectivity index (χ1n) is 7.42. The molecule has 1 saturated heterocycles. The van der Waals surface area contributed by atoms with Crippen LogP contribution in [0.1, 0.15) is 34.7 Å². The lowest BCUT2D eigenvalue weighted by Crippen LogP contribution is -2.06. The number of ether oxygens (including phenoxy) is 1. The number of hydrogen-bond acceptors (Lipinski definition) is 4. The lowest BCUT2D eigenvalue weighted by atomic mass is 10.0. The highest BCUT2D eigenvalue weighted by Gasteiger charge is 2.19. The second-order valence-electron chi connectivity index (χ2n) is 5.67. The first-order chi connectivity index (χ1) is 10.2. The lowest BCUT2D eigenvalue weighted by Gasteiger charge is -2.11. The lowest BCUT2D eigenvalue weighted by molar-refractivity contribution is 0.193. The van der Waals surface area contributed by atoms with Crippen molar-refractivity contribution in [2.45, 2.75) is 32.7 Å². The highest BCUT2D eigenvalue weighted by Crippen LogP contribution is 2.24. The van der Waals surface area contributed by atoms with E-state index in [1.807, 2.05) is 6.07 Å². The Bertz CT molecular complexity index is 621. The normalized spacial score (nSPS) is 17.9. The van der Waals surface area contributed by atoms with Gasteiger partial charge in [-0.1, -0.05) is 23.8 Å². The summed E-state index contributed by atoms with van der Waals surface area (Å²) in [5.41, 5.74) is 4.96. The molecule has 1 aliphatic rings. The fourth-order valence-corrected chi connectivity index (χ4v) is 2.64. The summed E-state index contributed by atoms with van der Waals surface area (Å²) >= 11 is 0. The number of anilines is 1. The Labute approximate surface area is 125 Å². The Morgan fingerprint density at radius 3 is 2.95 bits per heavy atom. The second-order valence-corrected chi connectivity index (χ2v) is 5.67. The molecule has 1 aromatic carbocycles.